The topological polar surface area (TPSA) is 72.5 Å². The molecule has 0 saturated heterocycles. The summed E-state index contributed by atoms with van der Waals surface area (Å²) in [7, 11) is 0. The van der Waals surface area contributed by atoms with E-state index in [1.165, 1.54) is 0 Å². The summed E-state index contributed by atoms with van der Waals surface area (Å²) in [5, 5.41) is 2.80. The molecule has 0 spiro atoms. The van der Waals surface area contributed by atoms with Crippen molar-refractivity contribution in [3.05, 3.63) is 136 Å². The molecule has 180 valence electrons. The first kappa shape index (κ1) is 25.5. The fourth-order valence-corrected chi connectivity index (χ4v) is 4.42. The molecule has 0 aromatic heterocycles. The molecule has 0 bridgehead atoms. The molecular formula is C29H21Br2NO4. The standard InChI is InChI=1S/C29H21Br2NO4/c30-23-15-11-21(12-16-23)28(34)32-24-17-13-22(14-18-24)29(35)36-27(25(31)19-7-3-1-4-8-19)26(33)20-9-5-2-6-10-20/h1-18,25,27H,(H,32,34)/t25-,27-/m0/s1. The minimum Gasteiger partial charge on any atom is -0.449 e. The normalized spacial score (nSPS) is 12.3. The van der Waals surface area contributed by atoms with Gasteiger partial charge in [-0.3, -0.25) is 9.59 Å². The lowest BCUT2D eigenvalue weighted by Gasteiger charge is -2.22. The zero-order valence-electron chi connectivity index (χ0n) is 18.9. The molecule has 0 unspecified atom stereocenters. The number of rotatable bonds is 8. The van der Waals surface area contributed by atoms with Crippen LogP contribution in [0.1, 0.15) is 41.5 Å². The van der Waals surface area contributed by atoms with Crippen LogP contribution >= 0.6 is 31.9 Å². The lowest BCUT2D eigenvalue weighted by Crippen LogP contribution is -2.31. The van der Waals surface area contributed by atoms with Crippen molar-refractivity contribution < 1.29 is 19.1 Å². The second-order valence-corrected chi connectivity index (χ2v) is 9.81. The van der Waals surface area contributed by atoms with Gasteiger partial charge >= 0.3 is 5.97 Å². The second-order valence-electron chi connectivity index (χ2n) is 7.91. The molecule has 0 aliphatic rings. The summed E-state index contributed by atoms with van der Waals surface area (Å²) in [5.74, 6) is -1.22. The highest BCUT2D eigenvalue weighted by Gasteiger charge is 2.32. The van der Waals surface area contributed by atoms with E-state index in [0.717, 1.165) is 10.0 Å². The molecule has 0 saturated carbocycles. The van der Waals surface area contributed by atoms with Gasteiger partial charge in [0.15, 0.2) is 6.10 Å². The molecule has 1 N–H and O–H groups in total. The van der Waals surface area contributed by atoms with Crippen LogP contribution in [0.2, 0.25) is 0 Å². The summed E-state index contributed by atoms with van der Waals surface area (Å²) in [4.78, 5) is 38.2. The second kappa shape index (κ2) is 11.9. The summed E-state index contributed by atoms with van der Waals surface area (Å²) in [6.07, 6.45) is -1.08. The Hall–Kier alpha value is -3.55. The van der Waals surface area contributed by atoms with Crippen LogP contribution in [0, 0.1) is 0 Å². The fourth-order valence-electron chi connectivity index (χ4n) is 3.50. The predicted octanol–water partition coefficient (Wildman–Crippen LogP) is 7.25. The average Bonchev–Trinajstić information content (AvgIpc) is 2.92. The van der Waals surface area contributed by atoms with Crippen molar-refractivity contribution in [2.45, 2.75) is 10.9 Å². The van der Waals surface area contributed by atoms with E-state index in [-0.39, 0.29) is 17.3 Å². The Morgan fingerprint density at radius 1 is 0.667 bits per heavy atom. The largest absolute Gasteiger partial charge is 0.449 e. The first-order chi connectivity index (χ1) is 17.4. The number of benzene rings is 4. The van der Waals surface area contributed by atoms with Crippen LogP contribution in [-0.2, 0) is 4.74 Å². The molecule has 4 aromatic rings. The summed E-state index contributed by atoms with van der Waals surface area (Å²) in [6.45, 7) is 0. The Bertz CT molecular complexity index is 1340. The predicted molar refractivity (Wildman–Crippen MR) is 147 cm³/mol. The molecule has 0 heterocycles. The summed E-state index contributed by atoms with van der Waals surface area (Å²) < 4.78 is 6.62. The number of hydrogen-bond donors (Lipinski definition) is 1. The summed E-state index contributed by atoms with van der Waals surface area (Å²) >= 11 is 6.91. The van der Waals surface area contributed by atoms with Gasteiger partial charge in [-0.05, 0) is 54.1 Å². The minimum absolute atomic E-state index is 0.260. The highest BCUT2D eigenvalue weighted by Crippen LogP contribution is 2.31. The van der Waals surface area contributed by atoms with E-state index in [1.807, 2.05) is 36.4 Å². The quantitative estimate of drug-likeness (QED) is 0.130. The number of nitrogens with one attached hydrogen (secondary N) is 1. The number of alkyl halides is 1. The van der Waals surface area contributed by atoms with Crippen LogP contribution < -0.4 is 5.32 Å². The number of carbonyl (C=O) groups excluding carboxylic acids is 3. The molecule has 0 aliphatic heterocycles. The molecule has 1 amide bonds. The maximum absolute atomic E-state index is 13.3. The van der Waals surface area contributed by atoms with Crippen molar-refractivity contribution in [1.82, 2.24) is 0 Å². The highest BCUT2D eigenvalue weighted by molar-refractivity contribution is 9.10. The molecular weight excluding hydrogens is 586 g/mol. The first-order valence-corrected chi connectivity index (χ1v) is 12.8. The summed E-state index contributed by atoms with van der Waals surface area (Å²) in [6, 6.07) is 31.4. The monoisotopic (exact) mass is 605 g/mol. The van der Waals surface area contributed by atoms with Gasteiger partial charge in [0.2, 0.25) is 5.78 Å². The van der Waals surface area contributed by atoms with Gasteiger partial charge in [-0.1, -0.05) is 92.5 Å². The molecule has 0 radical (unpaired) electrons. The van der Waals surface area contributed by atoms with Crippen LogP contribution in [0.3, 0.4) is 0 Å². The Labute approximate surface area is 225 Å². The van der Waals surface area contributed by atoms with Gasteiger partial charge in [-0.2, -0.15) is 0 Å². The van der Waals surface area contributed by atoms with Crippen molar-refractivity contribution in [2.75, 3.05) is 5.32 Å². The average molecular weight is 607 g/mol. The molecule has 4 aromatic carbocycles. The lowest BCUT2D eigenvalue weighted by molar-refractivity contribution is 0.0282. The number of ether oxygens (including phenoxy) is 1. The van der Waals surface area contributed by atoms with Crippen LogP contribution in [0.15, 0.2) is 114 Å². The number of carbonyl (C=O) groups is 3. The third kappa shape index (κ3) is 6.36. The SMILES string of the molecule is O=C(Nc1ccc(C(=O)O[C@H](C(=O)c2ccccc2)[C@@H](Br)c2ccccc2)cc1)c1ccc(Br)cc1. The number of ketones is 1. The van der Waals surface area contributed by atoms with Crippen LogP contribution in [-0.4, -0.2) is 23.8 Å². The maximum atomic E-state index is 13.3. The number of anilines is 1. The van der Waals surface area contributed by atoms with Crippen molar-refractivity contribution in [2.24, 2.45) is 0 Å². The van der Waals surface area contributed by atoms with E-state index in [4.69, 9.17) is 4.74 Å². The van der Waals surface area contributed by atoms with E-state index >= 15 is 0 Å². The Kier molecular flexibility index (Phi) is 8.46. The van der Waals surface area contributed by atoms with Gasteiger partial charge in [0.25, 0.3) is 5.91 Å². The first-order valence-electron chi connectivity index (χ1n) is 11.1. The zero-order valence-corrected chi connectivity index (χ0v) is 22.1. The van der Waals surface area contributed by atoms with Gasteiger partial charge in [-0.25, -0.2) is 4.79 Å². The van der Waals surface area contributed by atoms with Crippen LogP contribution in [0.4, 0.5) is 5.69 Å². The number of amides is 1. The van der Waals surface area contributed by atoms with E-state index in [2.05, 4.69) is 37.2 Å². The molecule has 2 atom stereocenters. The molecule has 5 nitrogen and oxygen atoms in total. The summed E-state index contributed by atoms with van der Waals surface area (Å²) in [5.41, 5.74) is 2.55. The zero-order chi connectivity index (χ0) is 25.5. The Morgan fingerprint density at radius 2 is 1.22 bits per heavy atom. The highest BCUT2D eigenvalue weighted by atomic mass is 79.9. The number of esters is 1. The Morgan fingerprint density at radius 3 is 1.83 bits per heavy atom. The van der Waals surface area contributed by atoms with Gasteiger partial charge < -0.3 is 10.1 Å². The van der Waals surface area contributed by atoms with Crippen LogP contribution in [0.5, 0.6) is 0 Å². The number of Topliss-reactive ketones (excluding diaryl/α,β-unsaturated/α-hetero) is 1. The van der Waals surface area contributed by atoms with Crippen molar-refractivity contribution in [1.29, 1.82) is 0 Å². The minimum atomic E-state index is -1.08. The number of hydrogen-bond acceptors (Lipinski definition) is 4. The molecule has 0 aliphatic carbocycles. The van der Waals surface area contributed by atoms with Crippen molar-refractivity contribution in [3.8, 4) is 0 Å². The third-order valence-electron chi connectivity index (χ3n) is 5.42. The molecule has 0 fully saturated rings. The maximum Gasteiger partial charge on any atom is 0.338 e. The molecule has 4 rings (SSSR count). The van der Waals surface area contributed by atoms with E-state index < -0.39 is 16.9 Å². The van der Waals surface area contributed by atoms with Gasteiger partial charge in [0.1, 0.15) is 0 Å². The van der Waals surface area contributed by atoms with E-state index in [0.29, 0.717) is 16.8 Å². The number of halogens is 2. The fraction of sp³-hybridized carbons (Fsp3) is 0.0690. The van der Waals surface area contributed by atoms with Crippen molar-refractivity contribution in [3.63, 3.8) is 0 Å². The smallest absolute Gasteiger partial charge is 0.338 e. The van der Waals surface area contributed by atoms with Gasteiger partial charge in [0, 0.05) is 21.3 Å². The Balaban J connectivity index is 1.50. The van der Waals surface area contributed by atoms with Gasteiger partial charge in [-0.15, -0.1) is 0 Å². The molecule has 7 heteroatoms. The van der Waals surface area contributed by atoms with Crippen molar-refractivity contribution >= 4 is 55.2 Å². The molecule has 36 heavy (non-hydrogen) atoms. The third-order valence-corrected chi connectivity index (χ3v) is 6.96. The van der Waals surface area contributed by atoms with Gasteiger partial charge in [0.05, 0.1) is 10.4 Å². The van der Waals surface area contributed by atoms with E-state index in [9.17, 15) is 14.4 Å². The van der Waals surface area contributed by atoms with Crippen LogP contribution in [0.25, 0.3) is 0 Å². The lowest BCUT2D eigenvalue weighted by atomic mass is 9.99. The van der Waals surface area contributed by atoms with E-state index in [1.54, 1.807) is 72.8 Å².